The Morgan fingerprint density at radius 2 is 1.90 bits per heavy atom. The average Bonchev–Trinajstić information content (AvgIpc) is 2.83. The van der Waals surface area contributed by atoms with Crippen LogP contribution in [0.3, 0.4) is 0 Å². The first-order chi connectivity index (χ1) is 10.1. The number of hydrogen-bond acceptors (Lipinski definition) is 5. The van der Waals surface area contributed by atoms with E-state index in [1.807, 2.05) is 13.8 Å². The van der Waals surface area contributed by atoms with Crippen LogP contribution in [0.4, 0.5) is 0 Å². The molecule has 0 aliphatic carbocycles. The van der Waals surface area contributed by atoms with E-state index in [1.165, 1.54) is 24.4 Å². The molecule has 2 heterocycles. The molecule has 0 atom stereocenters. The van der Waals surface area contributed by atoms with Gasteiger partial charge in [0.25, 0.3) is 5.91 Å². The Labute approximate surface area is 131 Å². The highest BCUT2D eigenvalue weighted by molar-refractivity contribution is 7.13. The topological polar surface area (TPSA) is 48.5 Å². The summed E-state index contributed by atoms with van der Waals surface area (Å²) >= 11 is 1.47. The summed E-state index contributed by atoms with van der Waals surface area (Å²) in [5.41, 5.74) is 0.839. The molecular weight excluding hydrogens is 284 g/mol. The van der Waals surface area contributed by atoms with Gasteiger partial charge in [-0.05, 0) is 33.4 Å². The Balaban J connectivity index is 1.64. The van der Waals surface area contributed by atoms with Gasteiger partial charge < -0.3 is 15.1 Å². The Kier molecular flexibility index (Phi) is 6.14. The zero-order valence-electron chi connectivity index (χ0n) is 13.3. The van der Waals surface area contributed by atoms with E-state index in [9.17, 15) is 4.79 Å². The lowest BCUT2D eigenvalue weighted by atomic mass is 10.3. The van der Waals surface area contributed by atoms with Crippen LogP contribution in [0.15, 0.2) is 0 Å². The van der Waals surface area contributed by atoms with Crippen molar-refractivity contribution in [2.75, 3.05) is 45.8 Å². The van der Waals surface area contributed by atoms with Crippen molar-refractivity contribution in [3.8, 4) is 0 Å². The van der Waals surface area contributed by atoms with E-state index in [0.717, 1.165) is 54.7 Å². The maximum Gasteiger partial charge on any atom is 0.263 e. The Morgan fingerprint density at radius 1 is 1.24 bits per heavy atom. The third-order valence-corrected chi connectivity index (χ3v) is 5.03. The van der Waals surface area contributed by atoms with Gasteiger partial charge in [0.05, 0.1) is 10.7 Å². The Bertz CT molecular complexity index is 466. The number of likely N-dealkylation sites (N-methyl/N-ethyl adjacent to an activating group) is 1. The molecule has 1 aromatic heterocycles. The molecule has 6 heteroatoms. The minimum Gasteiger partial charge on any atom is -0.351 e. The van der Waals surface area contributed by atoms with Gasteiger partial charge in [-0.1, -0.05) is 6.92 Å². The van der Waals surface area contributed by atoms with Gasteiger partial charge in [0.1, 0.15) is 4.88 Å². The summed E-state index contributed by atoms with van der Waals surface area (Å²) in [6.45, 7) is 13.6. The van der Waals surface area contributed by atoms with Crippen LogP contribution in [-0.2, 0) is 0 Å². The summed E-state index contributed by atoms with van der Waals surface area (Å²) in [5.74, 6) is 0.0221. The number of carbonyl (C=O) groups is 1. The lowest BCUT2D eigenvalue weighted by molar-refractivity contribution is 0.0951. The molecule has 5 nitrogen and oxygen atoms in total. The SMILES string of the molecule is CCN1CCN(CCCNC(=O)c2sc(C)nc2C)CC1. The van der Waals surface area contributed by atoms with E-state index in [-0.39, 0.29) is 5.91 Å². The second-order valence-electron chi connectivity index (χ2n) is 5.53. The molecule has 1 saturated heterocycles. The Morgan fingerprint density at radius 3 is 2.48 bits per heavy atom. The molecule has 1 aliphatic rings. The predicted octanol–water partition coefficient (Wildman–Crippen LogP) is 1.52. The minimum atomic E-state index is 0.0221. The van der Waals surface area contributed by atoms with Gasteiger partial charge in [-0.3, -0.25) is 4.79 Å². The fraction of sp³-hybridized carbons (Fsp3) is 0.733. The standard InChI is InChI=1S/C15H26N4OS/c1-4-18-8-10-19(11-9-18)7-5-6-16-15(20)14-12(2)17-13(3)21-14/h4-11H2,1-3H3,(H,16,20). The maximum absolute atomic E-state index is 12.1. The van der Waals surface area contributed by atoms with Gasteiger partial charge in [0.15, 0.2) is 0 Å². The van der Waals surface area contributed by atoms with E-state index >= 15 is 0 Å². The molecule has 1 amide bonds. The fourth-order valence-electron chi connectivity index (χ4n) is 2.66. The summed E-state index contributed by atoms with van der Waals surface area (Å²) < 4.78 is 0. The number of nitrogens with one attached hydrogen (secondary N) is 1. The molecule has 0 saturated carbocycles. The first kappa shape index (κ1) is 16.4. The molecule has 1 fully saturated rings. The fourth-order valence-corrected chi connectivity index (χ4v) is 3.49. The van der Waals surface area contributed by atoms with Crippen LogP contribution in [0.2, 0.25) is 0 Å². The normalized spacial score (nSPS) is 17.1. The number of aromatic nitrogens is 1. The minimum absolute atomic E-state index is 0.0221. The van der Waals surface area contributed by atoms with Crippen molar-refractivity contribution in [2.24, 2.45) is 0 Å². The summed E-state index contributed by atoms with van der Waals surface area (Å²) in [6, 6.07) is 0. The molecule has 21 heavy (non-hydrogen) atoms. The van der Waals surface area contributed by atoms with Crippen molar-refractivity contribution in [2.45, 2.75) is 27.2 Å². The first-order valence-corrected chi connectivity index (χ1v) is 8.58. The molecule has 0 radical (unpaired) electrons. The van der Waals surface area contributed by atoms with Crippen LogP contribution in [0.5, 0.6) is 0 Å². The highest BCUT2D eigenvalue weighted by Gasteiger charge is 2.15. The third kappa shape index (κ3) is 4.76. The van der Waals surface area contributed by atoms with Gasteiger partial charge in [-0.15, -0.1) is 11.3 Å². The van der Waals surface area contributed by atoms with Crippen molar-refractivity contribution in [3.05, 3.63) is 15.6 Å². The molecule has 0 aromatic carbocycles. The molecule has 1 aliphatic heterocycles. The van der Waals surface area contributed by atoms with Crippen LogP contribution in [0.25, 0.3) is 0 Å². The van der Waals surface area contributed by atoms with Crippen molar-refractivity contribution in [1.82, 2.24) is 20.1 Å². The quantitative estimate of drug-likeness (QED) is 0.809. The summed E-state index contributed by atoms with van der Waals surface area (Å²) in [5, 5.41) is 3.96. The average molecular weight is 310 g/mol. The lowest BCUT2D eigenvalue weighted by Gasteiger charge is -2.33. The van der Waals surface area contributed by atoms with E-state index < -0.39 is 0 Å². The highest BCUT2D eigenvalue weighted by Crippen LogP contribution is 2.16. The molecule has 0 spiro atoms. The van der Waals surface area contributed by atoms with Gasteiger partial charge in [0.2, 0.25) is 0 Å². The summed E-state index contributed by atoms with van der Waals surface area (Å²) in [6.07, 6.45) is 1.01. The van der Waals surface area contributed by atoms with Crippen LogP contribution < -0.4 is 5.32 Å². The monoisotopic (exact) mass is 310 g/mol. The number of amides is 1. The molecular formula is C15H26N4OS. The number of carbonyl (C=O) groups excluding carboxylic acids is 1. The zero-order valence-corrected chi connectivity index (χ0v) is 14.1. The van der Waals surface area contributed by atoms with Crippen molar-refractivity contribution in [1.29, 1.82) is 0 Å². The number of aryl methyl sites for hydroxylation is 2. The maximum atomic E-state index is 12.1. The number of rotatable bonds is 6. The second-order valence-corrected chi connectivity index (χ2v) is 6.74. The Hall–Kier alpha value is -0.980. The van der Waals surface area contributed by atoms with Gasteiger partial charge >= 0.3 is 0 Å². The molecule has 1 N–H and O–H groups in total. The molecule has 2 rings (SSSR count). The van der Waals surface area contributed by atoms with E-state index in [0.29, 0.717) is 0 Å². The smallest absolute Gasteiger partial charge is 0.263 e. The van der Waals surface area contributed by atoms with Crippen LogP contribution >= 0.6 is 11.3 Å². The van der Waals surface area contributed by atoms with Crippen LogP contribution in [-0.4, -0.2) is 66.5 Å². The van der Waals surface area contributed by atoms with Crippen molar-refractivity contribution < 1.29 is 4.79 Å². The highest BCUT2D eigenvalue weighted by atomic mass is 32.1. The van der Waals surface area contributed by atoms with E-state index in [4.69, 9.17) is 0 Å². The van der Waals surface area contributed by atoms with Crippen LogP contribution in [0.1, 0.15) is 33.7 Å². The number of thiazole rings is 1. The molecule has 1 aromatic rings. The predicted molar refractivity (Wildman–Crippen MR) is 87.1 cm³/mol. The molecule has 118 valence electrons. The van der Waals surface area contributed by atoms with Gasteiger partial charge in [-0.25, -0.2) is 4.98 Å². The first-order valence-electron chi connectivity index (χ1n) is 7.77. The largest absolute Gasteiger partial charge is 0.351 e. The number of piperazine rings is 1. The van der Waals surface area contributed by atoms with Crippen molar-refractivity contribution in [3.63, 3.8) is 0 Å². The second kappa shape index (κ2) is 7.87. The van der Waals surface area contributed by atoms with Crippen molar-refractivity contribution >= 4 is 17.2 Å². The number of nitrogens with zero attached hydrogens (tertiary/aromatic N) is 3. The summed E-state index contributed by atoms with van der Waals surface area (Å²) in [4.78, 5) is 22.1. The third-order valence-electron chi connectivity index (χ3n) is 3.96. The van der Waals surface area contributed by atoms with E-state index in [2.05, 4.69) is 27.0 Å². The van der Waals surface area contributed by atoms with Gasteiger partial charge in [-0.2, -0.15) is 0 Å². The van der Waals surface area contributed by atoms with Crippen LogP contribution in [0, 0.1) is 13.8 Å². The summed E-state index contributed by atoms with van der Waals surface area (Å²) in [7, 11) is 0. The zero-order chi connectivity index (χ0) is 15.2. The molecule has 0 unspecified atom stereocenters. The number of hydrogen-bond donors (Lipinski definition) is 1. The van der Waals surface area contributed by atoms with Gasteiger partial charge in [0, 0.05) is 32.7 Å². The lowest BCUT2D eigenvalue weighted by Crippen LogP contribution is -2.46. The molecule has 0 bridgehead atoms. The van der Waals surface area contributed by atoms with E-state index in [1.54, 1.807) is 0 Å².